The molecule has 1 rings (SSSR count). The highest BCUT2D eigenvalue weighted by Gasteiger charge is 2.08. The van der Waals surface area contributed by atoms with Gasteiger partial charge in [-0.3, -0.25) is 4.79 Å². The number of methoxy groups -OCH3 is 1. The van der Waals surface area contributed by atoms with E-state index in [4.69, 9.17) is 15.2 Å². The Hall–Kier alpha value is -1.55. The monoisotopic (exact) mass is 209 g/mol. The van der Waals surface area contributed by atoms with Crippen LogP contribution in [-0.4, -0.2) is 19.1 Å². The van der Waals surface area contributed by atoms with Crippen LogP contribution in [-0.2, 0) is 16.1 Å². The highest BCUT2D eigenvalue weighted by Crippen LogP contribution is 2.13. The lowest BCUT2D eigenvalue weighted by Crippen LogP contribution is -2.28. The topological polar surface area (TPSA) is 61.5 Å². The molecule has 0 heterocycles. The molecule has 0 aliphatic heterocycles. The third-order valence-corrected chi connectivity index (χ3v) is 1.89. The molecule has 4 heteroatoms. The van der Waals surface area contributed by atoms with Gasteiger partial charge in [-0.1, -0.05) is 12.1 Å². The van der Waals surface area contributed by atoms with Crippen LogP contribution in [0.1, 0.15) is 12.5 Å². The summed E-state index contributed by atoms with van der Waals surface area (Å²) in [5.74, 6) is 0.335. The van der Waals surface area contributed by atoms with Crippen molar-refractivity contribution >= 4 is 5.97 Å². The second-order valence-electron chi connectivity index (χ2n) is 3.25. The van der Waals surface area contributed by atoms with E-state index in [1.54, 1.807) is 14.0 Å². The fourth-order valence-corrected chi connectivity index (χ4v) is 1.05. The molecule has 2 N–H and O–H groups in total. The quantitative estimate of drug-likeness (QED) is 0.754. The molecule has 0 saturated carbocycles. The highest BCUT2D eigenvalue weighted by molar-refractivity contribution is 5.74. The molecule has 0 fully saturated rings. The Balaban J connectivity index is 2.54. The Kier molecular flexibility index (Phi) is 4.12. The zero-order chi connectivity index (χ0) is 11.3. The predicted octanol–water partition coefficient (Wildman–Crippen LogP) is 1.09. The summed E-state index contributed by atoms with van der Waals surface area (Å²) in [6.45, 7) is 1.81. The second-order valence-corrected chi connectivity index (χ2v) is 3.25. The average molecular weight is 209 g/mol. The summed E-state index contributed by atoms with van der Waals surface area (Å²) in [4.78, 5) is 11.1. The third-order valence-electron chi connectivity index (χ3n) is 1.89. The van der Waals surface area contributed by atoms with Gasteiger partial charge in [-0.15, -0.1) is 0 Å². The van der Waals surface area contributed by atoms with Crippen LogP contribution in [0.4, 0.5) is 0 Å². The lowest BCUT2D eigenvalue weighted by molar-refractivity contribution is -0.146. The van der Waals surface area contributed by atoms with Crippen LogP contribution in [0, 0.1) is 0 Å². The zero-order valence-electron chi connectivity index (χ0n) is 8.90. The van der Waals surface area contributed by atoms with E-state index in [9.17, 15) is 4.79 Å². The number of ether oxygens (including phenoxy) is 2. The lowest BCUT2D eigenvalue weighted by atomic mass is 10.2. The number of carbonyl (C=O) groups is 1. The van der Waals surface area contributed by atoms with Gasteiger partial charge in [0.2, 0.25) is 0 Å². The molecule has 1 aromatic rings. The van der Waals surface area contributed by atoms with E-state index >= 15 is 0 Å². The van der Waals surface area contributed by atoms with Gasteiger partial charge >= 0.3 is 5.97 Å². The fourth-order valence-electron chi connectivity index (χ4n) is 1.05. The molecule has 0 amide bonds. The Bertz CT molecular complexity index is 336. The maximum absolute atomic E-state index is 11.1. The maximum Gasteiger partial charge on any atom is 0.322 e. The molecule has 0 aromatic heterocycles. The minimum absolute atomic E-state index is 0.220. The van der Waals surface area contributed by atoms with E-state index in [1.807, 2.05) is 24.3 Å². The van der Waals surface area contributed by atoms with E-state index in [2.05, 4.69) is 0 Å². The first-order chi connectivity index (χ1) is 7.13. The molecule has 82 valence electrons. The Labute approximate surface area is 89.0 Å². The summed E-state index contributed by atoms with van der Waals surface area (Å²) in [6, 6.07) is 6.76. The van der Waals surface area contributed by atoms with Gasteiger partial charge in [0.15, 0.2) is 0 Å². The first-order valence-corrected chi connectivity index (χ1v) is 4.68. The molecule has 1 atom stereocenters. The van der Waals surface area contributed by atoms with Crippen LogP contribution in [0.5, 0.6) is 5.75 Å². The number of benzene rings is 1. The maximum atomic E-state index is 11.1. The minimum atomic E-state index is -0.587. The number of carbonyl (C=O) groups excluding carboxylic acids is 1. The largest absolute Gasteiger partial charge is 0.497 e. The van der Waals surface area contributed by atoms with Crippen molar-refractivity contribution in [1.82, 2.24) is 0 Å². The van der Waals surface area contributed by atoms with E-state index in [0.29, 0.717) is 0 Å². The van der Waals surface area contributed by atoms with Crippen molar-refractivity contribution in [2.45, 2.75) is 19.6 Å². The van der Waals surface area contributed by atoms with Gasteiger partial charge in [0.25, 0.3) is 0 Å². The average Bonchev–Trinajstić information content (AvgIpc) is 2.26. The third kappa shape index (κ3) is 3.59. The highest BCUT2D eigenvalue weighted by atomic mass is 16.5. The molecule has 0 bridgehead atoms. The Morgan fingerprint density at radius 3 is 2.87 bits per heavy atom. The van der Waals surface area contributed by atoms with Crippen molar-refractivity contribution in [3.63, 3.8) is 0 Å². The van der Waals surface area contributed by atoms with E-state index in [-0.39, 0.29) is 6.61 Å². The first-order valence-electron chi connectivity index (χ1n) is 4.68. The normalized spacial score (nSPS) is 11.9. The fraction of sp³-hybridized carbons (Fsp3) is 0.364. The van der Waals surface area contributed by atoms with Crippen molar-refractivity contribution in [3.8, 4) is 5.75 Å². The number of esters is 1. The molecule has 1 aromatic carbocycles. The van der Waals surface area contributed by atoms with Crippen LogP contribution in [0.2, 0.25) is 0 Å². The smallest absolute Gasteiger partial charge is 0.322 e. The number of hydrogen-bond acceptors (Lipinski definition) is 4. The molecular formula is C11H15NO3. The summed E-state index contributed by atoms with van der Waals surface area (Å²) in [5, 5.41) is 0. The van der Waals surface area contributed by atoms with Gasteiger partial charge < -0.3 is 15.2 Å². The van der Waals surface area contributed by atoms with Gasteiger partial charge in [-0.25, -0.2) is 0 Å². The Morgan fingerprint density at radius 1 is 1.53 bits per heavy atom. The van der Waals surface area contributed by atoms with Gasteiger partial charge in [-0.05, 0) is 24.6 Å². The van der Waals surface area contributed by atoms with Crippen LogP contribution >= 0.6 is 0 Å². The van der Waals surface area contributed by atoms with E-state index in [0.717, 1.165) is 11.3 Å². The Morgan fingerprint density at radius 2 is 2.27 bits per heavy atom. The molecule has 0 saturated heterocycles. The summed E-state index contributed by atoms with van der Waals surface area (Å²) < 4.78 is 10.0. The summed E-state index contributed by atoms with van der Waals surface area (Å²) >= 11 is 0. The van der Waals surface area contributed by atoms with E-state index in [1.165, 1.54) is 0 Å². The number of nitrogens with two attached hydrogens (primary N) is 1. The molecule has 15 heavy (non-hydrogen) atoms. The summed E-state index contributed by atoms with van der Waals surface area (Å²) in [5.41, 5.74) is 6.24. The molecule has 0 aliphatic rings. The van der Waals surface area contributed by atoms with Gasteiger partial charge in [0.1, 0.15) is 18.4 Å². The van der Waals surface area contributed by atoms with Gasteiger partial charge in [0.05, 0.1) is 7.11 Å². The SMILES string of the molecule is COc1cccc(COC(=O)C(C)N)c1. The number of hydrogen-bond donors (Lipinski definition) is 1. The van der Waals surface area contributed by atoms with Crippen LogP contribution in [0.25, 0.3) is 0 Å². The van der Waals surface area contributed by atoms with Crippen LogP contribution in [0.3, 0.4) is 0 Å². The van der Waals surface area contributed by atoms with Crippen molar-refractivity contribution in [2.75, 3.05) is 7.11 Å². The van der Waals surface area contributed by atoms with Gasteiger partial charge in [0, 0.05) is 0 Å². The standard InChI is InChI=1S/C11H15NO3/c1-8(12)11(13)15-7-9-4-3-5-10(6-9)14-2/h3-6,8H,7,12H2,1-2H3. The predicted molar refractivity (Wildman–Crippen MR) is 56.4 cm³/mol. The molecule has 4 nitrogen and oxygen atoms in total. The van der Waals surface area contributed by atoms with Crippen molar-refractivity contribution in [3.05, 3.63) is 29.8 Å². The lowest BCUT2D eigenvalue weighted by Gasteiger charge is -2.08. The van der Waals surface area contributed by atoms with Gasteiger partial charge in [-0.2, -0.15) is 0 Å². The first kappa shape index (κ1) is 11.5. The second kappa shape index (κ2) is 5.36. The van der Waals surface area contributed by atoms with Crippen LogP contribution in [0.15, 0.2) is 24.3 Å². The molecule has 0 radical (unpaired) electrons. The minimum Gasteiger partial charge on any atom is -0.497 e. The van der Waals surface area contributed by atoms with Crippen molar-refractivity contribution in [1.29, 1.82) is 0 Å². The zero-order valence-corrected chi connectivity index (χ0v) is 8.90. The molecular weight excluding hydrogens is 194 g/mol. The van der Waals surface area contributed by atoms with Crippen molar-refractivity contribution in [2.24, 2.45) is 5.73 Å². The van der Waals surface area contributed by atoms with Crippen LogP contribution < -0.4 is 10.5 Å². The molecule has 0 spiro atoms. The summed E-state index contributed by atoms with van der Waals surface area (Å²) in [6.07, 6.45) is 0. The van der Waals surface area contributed by atoms with Crippen molar-refractivity contribution < 1.29 is 14.3 Å². The van der Waals surface area contributed by atoms with E-state index < -0.39 is 12.0 Å². The number of rotatable bonds is 4. The molecule has 0 aliphatic carbocycles. The summed E-state index contributed by atoms with van der Waals surface area (Å²) in [7, 11) is 1.59. The molecule has 1 unspecified atom stereocenters.